The fourth-order valence-corrected chi connectivity index (χ4v) is 3.20. The van der Waals surface area contributed by atoms with Crippen LogP contribution in [0.4, 0.5) is 0 Å². The number of hydrogen-bond acceptors (Lipinski definition) is 0. The molecule has 1 nitrogen and oxygen atoms in total. The number of aromatic amines is 1. The van der Waals surface area contributed by atoms with Gasteiger partial charge < -0.3 is 4.98 Å². The van der Waals surface area contributed by atoms with Crippen LogP contribution in [0, 0.1) is 6.92 Å². The molecule has 4 heteroatoms. The van der Waals surface area contributed by atoms with Crippen molar-refractivity contribution in [1.29, 1.82) is 0 Å². The minimum atomic E-state index is 0.718. The Kier molecular flexibility index (Phi) is 3.34. The van der Waals surface area contributed by atoms with E-state index in [1.165, 1.54) is 0 Å². The van der Waals surface area contributed by atoms with Crippen molar-refractivity contribution in [3.05, 3.63) is 56.5 Å². The lowest BCUT2D eigenvalue weighted by Crippen LogP contribution is -1.82. The highest BCUT2D eigenvalue weighted by atomic mass is 79.9. The topological polar surface area (TPSA) is 15.8 Å². The maximum atomic E-state index is 6.32. The number of hydrogen-bond donors (Lipinski definition) is 1. The van der Waals surface area contributed by atoms with E-state index in [1.807, 2.05) is 36.4 Å². The smallest absolute Gasteiger partial charge is 0.0510 e. The van der Waals surface area contributed by atoms with Crippen LogP contribution in [-0.4, -0.2) is 4.98 Å². The Balaban J connectivity index is 2.28. The van der Waals surface area contributed by atoms with Crippen LogP contribution in [0.15, 0.2) is 40.9 Å². The molecule has 0 saturated heterocycles. The molecular formula is C15H10BrCl2N. The lowest BCUT2D eigenvalue weighted by molar-refractivity contribution is 1.40. The zero-order valence-electron chi connectivity index (χ0n) is 10.1. The molecule has 0 atom stereocenters. The molecule has 0 unspecified atom stereocenters. The number of rotatable bonds is 1. The summed E-state index contributed by atoms with van der Waals surface area (Å²) in [6, 6.07) is 11.7. The third-order valence-electron chi connectivity index (χ3n) is 3.22. The molecule has 0 aliphatic heterocycles. The molecule has 3 aromatic rings. The fraction of sp³-hybridized carbons (Fsp3) is 0.0667. The molecule has 0 radical (unpaired) electrons. The second-order valence-corrected chi connectivity index (χ2v) is 6.20. The molecule has 0 spiro atoms. The van der Waals surface area contributed by atoms with E-state index in [0.717, 1.165) is 42.2 Å². The summed E-state index contributed by atoms with van der Waals surface area (Å²) in [6.07, 6.45) is 0. The lowest BCUT2D eigenvalue weighted by Gasteiger charge is -2.04. The summed E-state index contributed by atoms with van der Waals surface area (Å²) in [5, 5.41) is 2.58. The summed E-state index contributed by atoms with van der Waals surface area (Å²) in [7, 11) is 0. The van der Waals surface area contributed by atoms with E-state index < -0.39 is 0 Å². The molecule has 0 bridgehead atoms. The minimum absolute atomic E-state index is 0.718. The number of halogens is 3. The highest BCUT2D eigenvalue weighted by Crippen LogP contribution is 2.35. The molecule has 0 aliphatic rings. The van der Waals surface area contributed by atoms with E-state index in [4.69, 9.17) is 23.2 Å². The Hall–Kier alpha value is -0.960. The predicted octanol–water partition coefficient (Wildman–Crippen LogP) is 6.21. The molecule has 19 heavy (non-hydrogen) atoms. The van der Waals surface area contributed by atoms with Gasteiger partial charge in [0.1, 0.15) is 0 Å². The Bertz CT molecular complexity index is 777. The van der Waals surface area contributed by atoms with Crippen molar-refractivity contribution in [3.8, 4) is 11.3 Å². The first-order chi connectivity index (χ1) is 9.06. The SMILES string of the molecule is Cc1c(-c2ccc(Br)cc2Cl)[nH]c2ccc(Cl)cc12. The quantitative estimate of drug-likeness (QED) is 0.534. The molecule has 0 fully saturated rings. The average molecular weight is 355 g/mol. The van der Waals surface area contributed by atoms with Gasteiger partial charge in [-0.1, -0.05) is 45.2 Å². The van der Waals surface area contributed by atoms with Crippen LogP contribution in [-0.2, 0) is 0 Å². The third-order valence-corrected chi connectivity index (χ3v) is 4.26. The van der Waals surface area contributed by atoms with Gasteiger partial charge in [0.25, 0.3) is 0 Å². The molecule has 3 rings (SSSR count). The lowest BCUT2D eigenvalue weighted by atomic mass is 10.1. The summed E-state index contributed by atoms with van der Waals surface area (Å²) in [5.74, 6) is 0. The Morgan fingerprint density at radius 2 is 1.84 bits per heavy atom. The van der Waals surface area contributed by atoms with Gasteiger partial charge in [-0.25, -0.2) is 0 Å². The minimum Gasteiger partial charge on any atom is -0.354 e. The van der Waals surface area contributed by atoms with Crippen LogP contribution in [0.3, 0.4) is 0 Å². The van der Waals surface area contributed by atoms with E-state index in [9.17, 15) is 0 Å². The van der Waals surface area contributed by atoms with Crippen molar-refractivity contribution >= 4 is 50.0 Å². The maximum Gasteiger partial charge on any atom is 0.0510 e. The van der Waals surface area contributed by atoms with E-state index in [1.54, 1.807) is 0 Å². The molecule has 1 heterocycles. The van der Waals surface area contributed by atoms with Crippen LogP contribution in [0.1, 0.15) is 5.56 Å². The Morgan fingerprint density at radius 1 is 1.05 bits per heavy atom. The molecule has 0 saturated carbocycles. The molecule has 1 aromatic heterocycles. The first-order valence-electron chi connectivity index (χ1n) is 5.79. The maximum absolute atomic E-state index is 6.32. The first-order valence-corrected chi connectivity index (χ1v) is 7.34. The standard InChI is InChI=1S/C15H10BrCl2N/c1-8-12-7-10(17)3-5-14(12)19-15(8)11-4-2-9(16)6-13(11)18/h2-7,19H,1H3. The van der Waals surface area contributed by atoms with Gasteiger partial charge in [0.15, 0.2) is 0 Å². The van der Waals surface area contributed by atoms with Crippen molar-refractivity contribution in [2.45, 2.75) is 6.92 Å². The van der Waals surface area contributed by atoms with Gasteiger partial charge in [0, 0.05) is 26.0 Å². The zero-order valence-corrected chi connectivity index (χ0v) is 13.2. The third kappa shape index (κ3) is 2.29. The van der Waals surface area contributed by atoms with Gasteiger partial charge >= 0.3 is 0 Å². The Labute approximate surface area is 129 Å². The van der Waals surface area contributed by atoms with Gasteiger partial charge in [0.2, 0.25) is 0 Å². The first kappa shape index (κ1) is 13.0. The van der Waals surface area contributed by atoms with Gasteiger partial charge in [-0.15, -0.1) is 0 Å². The van der Waals surface area contributed by atoms with Gasteiger partial charge in [0.05, 0.1) is 10.7 Å². The van der Waals surface area contributed by atoms with Crippen LogP contribution >= 0.6 is 39.1 Å². The van der Waals surface area contributed by atoms with E-state index in [-0.39, 0.29) is 0 Å². The molecule has 96 valence electrons. The van der Waals surface area contributed by atoms with Crippen molar-refractivity contribution in [3.63, 3.8) is 0 Å². The number of H-pyrrole nitrogens is 1. The average Bonchev–Trinajstić information content (AvgIpc) is 2.67. The highest BCUT2D eigenvalue weighted by molar-refractivity contribution is 9.10. The van der Waals surface area contributed by atoms with E-state index in [0.29, 0.717) is 0 Å². The summed E-state index contributed by atoms with van der Waals surface area (Å²) in [5.41, 5.74) is 4.25. The normalized spacial score (nSPS) is 11.2. The van der Waals surface area contributed by atoms with Gasteiger partial charge in [-0.3, -0.25) is 0 Å². The van der Waals surface area contributed by atoms with Crippen molar-refractivity contribution in [2.75, 3.05) is 0 Å². The largest absolute Gasteiger partial charge is 0.354 e. The monoisotopic (exact) mass is 353 g/mol. The van der Waals surface area contributed by atoms with Crippen molar-refractivity contribution in [1.82, 2.24) is 4.98 Å². The number of benzene rings is 2. The fourth-order valence-electron chi connectivity index (χ4n) is 2.26. The molecule has 1 N–H and O–H groups in total. The number of fused-ring (bicyclic) bond motifs is 1. The summed E-state index contributed by atoms with van der Waals surface area (Å²) >= 11 is 15.8. The van der Waals surface area contributed by atoms with Gasteiger partial charge in [-0.2, -0.15) is 0 Å². The van der Waals surface area contributed by atoms with Crippen LogP contribution < -0.4 is 0 Å². The van der Waals surface area contributed by atoms with E-state index >= 15 is 0 Å². The van der Waals surface area contributed by atoms with Crippen LogP contribution in [0.5, 0.6) is 0 Å². The second kappa shape index (κ2) is 4.86. The summed E-state index contributed by atoms with van der Waals surface area (Å²) < 4.78 is 0.970. The highest BCUT2D eigenvalue weighted by Gasteiger charge is 2.12. The second-order valence-electron chi connectivity index (χ2n) is 4.44. The van der Waals surface area contributed by atoms with Crippen LogP contribution in [0.2, 0.25) is 10.0 Å². The zero-order chi connectivity index (χ0) is 13.6. The van der Waals surface area contributed by atoms with E-state index in [2.05, 4.69) is 27.8 Å². The summed E-state index contributed by atoms with van der Waals surface area (Å²) in [4.78, 5) is 3.41. The van der Waals surface area contributed by atoms with Crippen molar-refractivity contribution < 1.29 is 0 Å². The molecule has 0 amide bonds. The molecule has 2 aromatic carbocycles. The van der Waals surface area contributed by atoms with Crippen molar-refractivity contribution in [2.24, 2.45) is 0 Å². The predicted molar refractivity (Wildman–Crippen MR) is 86.2 cm³/mol. The molecule has 0 aliphatic carbocycles. The molecular weight excluding hydrogens is 345 g/mol. The van der Waals surface area contributed by atoms with Crippen LogP contribution in [0.25, 0.3) is 22.2 Å². The summed E-state index contributed by atoms with van der Waals surface area (Å²) in [6.45, 7) is 2.07. The number of aromatic nitrogens is 1. The van der Waals surface area contributed by atoms with Gasteiger partial charge in [-0.05, 0) is 42.8 Å². The Morgan fingerprint density at radius 3 is 2.58 bits per heavy atom. The number of nitrogens with one attached hydrogen (secondary N) is 1. The number of aryl methyl sites for hydroxylation is 1.